The van der Waals surface area contributed by atoms with E-state index in [0.29, 0.717) is 31.5 Å². The predicted molar refractivity (Wildman–Crippen MR) is 67.8 cm³/mol. The maximum atomic E-state index is 12.1. The van der Waals surface area contributed by atoms with Gasteiger partial charge in [-0.2, -0.15) is 0 Å². The SMILES string of the molecule is O=S(=O)(CC1CCCO1)N1CCC(CCl)CC1. The Balaban J connectivity index is 1.87. The van der Waals surface area contributed by atoms with Gasteiger partial charge in [-0.05, 0) is 31.6 Å². The molecule has 2 heterocycles. The van der Waals surface area contributed by atoms with Crippen molar-refractivity contribution < 1.29 is 13.2 Å². The monoisotopic (exact) mass is 281 g/mol. The molecule has 6 heteroatoms. The average Bonchev–Trinajstić information content (AvgIpc) is 2.81. The van der Waals surface area contributed by atoms with Crippen LogP contribution in [0.25, 0.3) is 0 Å². The maximum absolute atomic E-state index is 12.1. The van der Waals surface area contributed by atoms with Crippen LogP contribution in [0.5, 0.6) is 0 Å². The number of nitrogens with zero attached hydrogens (tertiary/aromatic N) is 1. The van der Waals surface area contributed by atoms with Crippen LogP contribution < -0.4 is 0 Å². The lowest BCUT2D eigenvalue weighted by Crippen LogP contribution is -2.42. The Morgan fingerprint density at radius 1 is 1.24 bits per heavy atom. The lowest BCUT2D eigenvalue weighted by atomic mass is 10.0. The van der Waals surface area contributed by atoms with E-state index >= 15 is 0 Å². The van der Waals surface area contributed by atoms with Gasteiger partial charge in [0.05, 0.1) is 11.9 Å². The molecule has 4 nitrogen and oxygen atoms in total. The molecule has 2 rings (SSSR count). The van der Waals surface area contributed by atoms with E-state index in [2.05, 4.69) is 0 Å². The molecule has 100 valence electrons. The summed E-state index contributed by atoms with van der Waals surface area (Å²) in [6, 6.07) is 0. The molecule has 0 spiro atoms. The van der Waals surface area contributed by atoms with E-state index < -0.39 is 10.0 Å². The van der Waals surface area contributed by atoms with Crippen LogP contribution in [-0.2, 0) is 14.8 Å². The summed E-state index contributed by atoms with van der Waals surface area (Å²) >= 11 is 5.79. The van der Waals surface area contributed by atoms with Crippen molar-refractivity contribution in [3.8, 4) is 0 Å². The van der Waals surface area contributed by atoms with E-state index in [1.54, 1.807) is 4.31 Å². The summed E-state index contributed by atoms with van der Waals surface area (Å²) in [7, 11) is -3.13. The summed E-state index contributed by atoms with van der Waals surface area (Å²) in [5, 5.41) is 0. The first-order chi connectivity index (χ1) is 8.12. The fourth-order valence-corrected chi connectivity index (χ4v) is 4.48. The number of ether oxygens (including phenoxy) is 1. The molecule has 0 aromatic carbocycles. The molecular formula is C11H20ClNO3S. The summed E-state index contributed by atoms with van der Waals surface area (Å²) in [5.41, 5.74) is 0. The normalized spacial score (nSPS) is 28.6. The fraction of sp³-hybridized carbons (Fsp3) is 1.00. The van der Waals surface area contributed by atoms with E-state index in [1.807, 2.05) is 0 Å². The van der Waals surface area contributed by atoms with Gasteiger partial charge in [0.15, 0.2) is 0 Å². The number of hydrogen-bond acceptors (Lipinski definition) is 3. The van der Waals surface area contributed by atoms with E-state index in [4.69, 9.17) is 16.3 Å². The van der Waals surface area contributed by atoms with Crippen LogP contribution in [0, 0.1) is 5.92 Å². The third-order valence-corrected chi connectivity index (χ3v) is 5.99. The molecule has 2 saturated heterocycles. The van der Waals surface area contributed by atoms with E-state index in [-0.39, 0.29) is 11.9 Å². The van der Waals surface area contributed by atoms with Gasteiger partial charge in [-0.3, -0.25) is 0 Å². The molecule has 2 aliphatic heterocycles. The van der Waals surface area contributed by atoms with E-state index in [0.717, 1.165) is 25.7 Å². The minimum Gasteiger partial charge on any atom is -0.377 e. The Morgan fingerprint density at radius 3 is 2.47 bits per heavy atom. The Hall–Kier alpha value is 0.160. The summed E-state index contributed by atoms with van der Waals surface area (Å²) < 4.78 is 31.3. The second kappa shape index (κ2) is 5.87. The van der Waals surface area contributed by atoms with Crippen LogP contribution in [0.15, 0.2) is 0 Å². The van der Waals surface area contributed by atoms with Gasteiger partial charge in [0, 0.05) is 25.6 Å². The van der Waals surface area contributed by atoms with E-state index in [9.17, 15) is 8.42 Å². The molecule has 0 bridgehead atoms. The summed E-state index contributed by atoms with van der Waals surface area (Å²) in [4.78, 5) is 0. The second-order valence-corrected chi connectivity index (χ2v) is 7.23. The smallest absolute Gasteiger partial charge is 0.216 e. The zero-order valence-electron chi connectivity index (χ0n) is 9.98. The highest BCUT2D eigenvalue weighted by atomic mass is 35.5. The van der Waals surface area contributed by atoms with Gasteiger partial charge in [-0.15, -0.1) is 11.6 Å². The molecule has 0 N–H and O–H groups in total. The molecule has 17 heavy (non-hydrogen) atoms. The molecule has 1 unspecified atom stereocenters. The summed E-state index contributed by atoms with van der Waals surface area (Å²) in [6.45, 7) is 1.94. The fourth-order valence-electron chi connectivity index (χ4n) is 2.46. The molecule has 0 saturated carbocycles. The van der Waals surface area contributed by atoms with E-state index in [1.165, 1.54) is 0 Å². The topological polar surface area (TPSA) is 46.6 Å². The van der Waals surface area contributed by atoms with Crippen molar-refractivity contribution in [3.63, 3.8) is 0 Å². The quantitative estimate of drug-likeness (QED) is 0.733. The zero-order chi connectivity index (χ0) is 12.3. The zero-order valence-corrected chi connectivity index (χ0v) is 11.5. The first kappa shape index (κ1) is 13.6. The molecular weight excluding hydrogens is 262 g/mol. The molecule has 0 radical (unpaired) electrons. The molecule has 0 amide bonds. The molecule has 0 aromatic rings. The number of sulfonamides is 1. The van der Waals surface area contributed by atoms with Gasteiger partial charge < -0.3 is 4.74 Å². The number of rotatable bonds is 4. The summed E-state index contributed by atoms with van der Waals surface area (Å²) in [6.07, 6.45) is 3.53. The van der Waals surface area contributed by atoms with Crippen molar-refractivity contribution in [2.45, 2.75) is 31.8 Å². The van der Waals surface area contributed by atoms with Crippen molar-refractivity contribution in [3.05, 3.63) is 0 Å². The molecule has 0 aliphatic carbocycles. The lowest BCUT2D eigenvalue weighted by Gasteiger charge is -2.30. The van der Waals surface area contributed by atoms with Crippen molar-refractivity contribution in [2.24, 2.45) is 5.92 Å². The standard InChI is InChI=1S/C11H20ClNO3S/c12-8-10-3-5-13(6-4-10)17(14,15)9-11-2-1-7-16-11/h10-11H,1-9H2. The number of piperidine rings is 1. The van der Waals surface area contributed by atoms with Gasteiger partial charge in [-0.1, -0.05) is 0 Å². The van der Waals surface area contributed by atoms with Crippen LogP contribution in [0.2, 0.25) is 0 Å². The van der Waals surface area contributed by atoms with Gasteiger partial charge in [-0.25, -0.2) is 12.7 Å². The third-order valence-electron chi connectivity index (χ3n) is 3.61. The largest absolute Gasteiger partial charge is 0.377 e. The molecule has 2 fully saturated rings. The Kier molecular flexibility index (Phi) is 4.69. The maximum Gasteiger partial charge on any atom is 0.216 e. The number of alkyl halides is 1. The Bertz CT molecular complexity index is 333. The minimum atomic E-state index is -3.13. The molecule has 1 atom stereocenters. The van der Waals surface area contributed by atoms with Gasteiger partial charge >= 0.3 is 0 Å². The van der Waals surface area contributed by atoms with Crippen LogP contribution in [-0.4, -0.2) is 50.2 Å². The lowest BCUT2D eigenvalue weighted by molar-refractivity contribution is 0.126. The Labute approximate surface area is 108 Å². The first-order valence-electron chi connectivity index (χ1n) is 6.27. The highest BCUT2D eigenvalue weighted by Crippen LogP contribution is 2.22. The van der Waals surface area contributed by atoms with Gasteiger partial charge in [0.25, 0.3) is 0 Å². The average molecular weight is 282 g/mol. The van der Waals surface area contributed by atoms with Crippen molar-refractivity contribution in [2.75, 3.05) is 31.3 Å². The van der Waals surface area contributed by atoms with Crippen molar-refractivity contribution in [1.82, 2.24) is 4.31 Å². The van der Waals surface area contributed by atoms with Crippen molar-refractivity contribution in [1.29, 1.82) is 0 Å². The van der Waals surface area contributed by atoms with Crippen LogP contribution in [0.3, 0.4) is 0 Å². The third kappa shape index (κ3) is 3.56. The second-order valence-electron chi connectivity index (χ2n) is 4.91. The number of halogens is 1. The van der Waals surface area contributed by atoms with Crippen molar-refractivity contribution >= 4 is 21.6 Å². The first-order valence-corrected chi connectivity index (χ1v) is 8.41. The van der Waals surface area contributed by atoms with Gasteiger partial charge in [0.2, 0.25) is 10.0 Å². The minimum absolute atomic E-state index is 0.0919. The molecule has 2 aliphatic rings. The van der Waals surface area contributed by atoms with Crippen LogP contribution >= 0.6 is 11.6 Å². The highest BCUT2D eigenvalue weighted by Gasteiger charge is 2.31. The van der Waals surface area contributed by atoms with Crippen LogP contribution in [0.4, 0.5) is 0 Å². The summed E-state index contributed by atoms with van der Waals surface area (Å²) in [5.74, 6) is 1.27. The Morgan fingerprint density at radius 2 is 1.94 bits per heavy atom. The predicted octanol–water partition coefficient (Wildman–Crippen LogP) is 1.45. The molecule has 0 aromatic heterocycles. The van der Waals surface area contributed by atoms with Crippen LogP contribution in [0.1, 0.15) is 25.7 Å². The highest BCUT2D eigenvalue weighted by molar-refractivity contribution is 7.89. The number of hydrogen-bond donors (Lipinski definition) is 0. The van der Waals surface area contributed by atoms with Gasteiger partial charge in [0.1, 0.15) is 0 Å².